The number of amides is 3. The molecule has 0 aliphatic carbocycles. The van der Waals surface area contributed by atoms with Gasteiger partial charge < -0.3 is 10.1 Å². The third-order valence-electron chi connectivity index (χ3n) is 6.49. The van der Waals surface area contributed by atoms with E-state index in [2.05, 4.69) is 22.5 Å². The van der Waals surface area contributed by atoms with Crippen LogP contribution in [0.3, 0.4) is 0 Å². The maximum absolute atomic E-state index is 13.2. The molecule has 2 heterocycles. The average molecular weight is 579 g/mol. The summed E-state index contributed by atoms with van der Waals surface area (Å²) in [6.07, 6.45) is 2.42. The quantitative estimate of drug-likeness (QED) is 0.381. The number of nitrogens with one attached hydrogen (secondary N) is 2. The van der Waals surface area contributed by atoms with Crippen LogP contribution in [0.4, 0.5) is 9.80 Å². The first-order chi connectivity index (χ1) is 18.7. The smallest absolute Gasteiger partial charge is 0.414 e. The van der Waals surface area contributed by atoms with Crippen molar-refractivity contribution in [3.05, 3.63) is 45.8 Å². The number of anilines is 1. The first kappa shape index (κ1) is 30.7. The van der Waals surface area contributed by atoms with E-state index in [-0.39, 0.29) is 22.6 Å². The number of hydrogen-bond donors (Lipinski definition) is 2. The molecule has 12 heteroatoms. The molecule has 0 atom stereocenters. The summed E-state index contributed by atoms with van der Waals surface area (Å²) >= 11 is 1.32. The number of ether oxygens (including phenoxy) is 1. The molecule has 3 amide bonds. The van der Waals surface area contributed by atoms with E-state index >= 15 is 0 Å². The van der Waals surface area contributed by atoms with Crippen molar-refractivity contribution < 1.29 is 27.5 Å². The van der Waals surface area contributed by atoms with Crippen LogP contribution in [-0.2, 0) is 27.7 Å². The van der Waals surface area contributed by atoms with E-state index in [1.165, 1.54) is 39.9 Å². The number of thiophene rings is 1. The highest BCUT2D eigenvalue weighted by atomic mass is 32.2. The molecule has 2 N–H and O–H groups in total. The van der Waals surface area contributed by atoms with Crippen molar-refractivity contribution in [2.75, 3.05) is 38.1 Å². The van der Waals surface area contributed by atoms with E-state index in [4.69, 9.17) is 4.74 Å². The number of fused-ring (bicyclic) bond motifs is 1. The lowest BCUT2D eigenvalue weighted by molar-refractivity contribution is 0.0924. The zero-order valence-corrected chi connectivity index (χ0v) is 24.7. The van der Waals surface area contributed by atoms with Gasteiger partial charge in [0.1, 0.15) is 5.00 Å². The molecule has 0 unspecified atom stereocenters. The fourth-order valence-corrected chi connectivity index (χ4v) is 7.27. The summed E-state index contributed by atoms with van der Waals surface area (Å²) in [5.41, 5.74) is 1.33. The maximum Gasteiger partial charge on any atom is 0.414 e. The second kappa shape index (κ2) is 14.0. The molecule has 0 saturated carbocycles. The van der Waals surface area contributed by atoms with E-state index in [0.29, 0.717) is 31.1 Å². The molecule has 0 radical (unpaired) electrons. The fraction of sp³-hybridized carbons (Fsp3) is 0.519. The number of unbranched alkanes of at least 4 members (excludes halogenated alkanes) is 1. The largest absolute Gasteiger partial charge is 0.450 e. The van der Waals surface area contributed by atoms with E-state index in [0.717, 1.165) is 42.8 Å². The Morgan fingerprint density at radius 3 is 2.38 bits per heavy atom. The maximum atomic E-state index is 13.2. The Hall–Kier alpha value is -2.80. The van der Waals surface area contributed by atoms with E-state index in [1.807, 2.05) is 6.92 Å². The van der Waals surface area contributed by atoms with Crippen molar-refractivity contribution >= 4 is 44.3 Å². The van der Waals surface area contributed by atoms with Gasteiger partial charge in [-0.3, -0.25) is 19.8 Å². The predicted octanol–water partition coefficient (Wildman–Crippen LogP) is 4.47. The summed E-state index contributed by atoms with van der Waals surface area (Å²) in [5.74, 6) is -1.11. The Bertz CT molecular complexity index is 1270. The van der Waals surface area contributed by atoms with Crippen LogP contribution in [0.15, 0.2) is 29.2 Å². The van der Waals surface area contributed by atoms with Crippen LogP contribution in [0.1, 0.15) is 78.1 Å². The van der Waals surface area contributed by atoms with Crippen molar-refractivity contribution in [3.63, 3.8) is 0 Å². The first-order valence-electron chi connectivity index (χ1n) is 13.4. The Morgan fingerprint density at radius 2 is 1.77 bits per heavy atom. The van der Waals surface area contributed by atoms with Gasteiger partial charge in [0.25, 0.3) is 11.8 Å². The highest BCUT2D eigenvalue weighted by molar-refractivity contribution is 7.89. The lowest BCUT2D eigenvalue weighted by atomic mass is 10.0. The first-order valence-corrected chi connectivity index (χ1v) is 15.7. The zero-order chi connectivity index (χ0) is 28.6. The van der Waals surface area contributed by atoms with Gasteiger partial charge >= 0.3 is 6.09 Å². The second-order valence-electron chi connectivity index (χ2n) is 9.24. The van der Waals surface area contributed by atoms with Gasteiger partial charge in [0.2, 0.25) is 10.0 Å². The monoisotopic (exact) mass is 578 g/mol. The topological polar surface area (TPSA) is 125 Å². The summed E-state index contributed by atoms with van der Waals surface area (Å²) in [6, 6.07) is 5.78. The number of carbonyl (C=O) groups excluding carboxylic acids is 3. The molecule has 39 heavy (non-hydrogen) atoms. The number of alkyl carbamates (subject to hydrolysis) is 1. The van der Waals surface area contributed by atoms with Crippen LogP contribution in [-0.4, -0.2) is 68.3 Å². The minimum absolute atomic E-state index is 0.120. The van der Waals surface area contributed by atoms with Crippen LogP contribution < -0.4 is 10.6 Å². The van der Waals surface area contributed by atoms with E-state index in [1.54, 1.807) is 13.8 Å². The number of hydrogen-bond acceptors (Lipinski definition) is 8. The SMILES string of the molecule is CCCCN(CC)S(=O)(=O)c1ccc(C(=O)Nc2sc3c(c2C(=O)NC(=O)OCC)CCN(CCC)C3)cc1. The molecule has 1 aliphatic heterocycles. The van der Waals surface area contributed by atoms with Crippen molar-refractivity contribution in [1.29, 1.82) is 0 Å². The fourth-order valence-electron chi connectivity index (χ4n) is 4.50. The van der Waals surface area contributed by atoms with Crippen LogP contribution in [0.5, 0.6) is 0 Å². The normalized spacial score (nSPS) is 13.7. The summed E-state index contributed by atoms with van der Waals surface area (Å²) in [4.78, 5) is 41.6. The van der Waals surface area contributed by atoms with Gasteiger partial charge in [-0.15, -0.1) is 11.3 Å². The van der Waals surface area contributed by atoms with Gasteiger partial charge in [0, 0.05) is 36.6 Å². The molecule has 0 saturated heterocycles. The summed E-state index contributed by atoms with van der Waals surface area (Å²) in [5, 5.41) is 5.42. The molecule has 1 aromatic carbocycles. The van der Waals surface area contributed by atoms with E-state index in [9.17, 15) is 22.8 Å². The minimum atomic E-state index is -3.67. The standard InChI is InChI=1S/C27H38N4O6S2/c1-5-9-16-31(7-3)39(35,36)20-12-10-19(11-13-20)24(32)28-26-23(25(33)29-27(34)37-8-4)21-14-17-30(15-6-2)18-22(21)38-26/h10-13H,5-9,14-18H2,1-4H3,(H,28,32)(H,29,33,34). The molecule has 0 bridgehead atoms. The Balaban J connectivity index is 1.86. The predicted molar refractivity (Wildman–Crippen MR) is 152 cm³/mol. The highest BCUT2D eigenvalue weighted by Crippen LogP contribution is 2.37. The third-order valence-corrected chi connectivity index (χ3v) is 9.61. The lowest BCUT2D eigenvalue weighted by Gasteiger charge is -2.26. The van der Waals surface area contributed by atoms with Gasteiger partial charge in [-0.1, -0.05) is 27.2 Å². The molecular weight excluding hydrogens is 540 g/mol. The number of nitrogens with zero attached hydrogens (tertiary/aromatic N) is 2. The summed E-state index contributed by atoms with van der Waals surface area (Å²) in [6.45, 7) is 10.8. The van der Waals surface area contributed by atoms with Crippen molar-refractivity contribution in [1.82, 2.24) is 14.5 Å². The number of sulfonamides is 1. The molecule has 1 aliphatic rings. The molecule has 2 aromatic rings. The zero-order valence-electron chi connectivity index (χ0n) is 23.0. The lowest BCUT2D eigenvalue weighted by Crippen LogP contribution is -2.34. The van der Waals surface area contributed by atoms with Crippen molar-refractivity contribution in [2.45, 2.75) is 64.8 Å². The average Bonchev–Trinajstić information content (AvgIpc) is 3.26. The van der Waals surface area contributed by atoms with Crippen LogP contribution in [0.25, 0.3) is 0 Å². The van der Waals surface area contributed by atoms with Gasteiger partial charge in [0.05, 0.1) is 17.1 Å². The number of benzene rings is 1. The van der Waals surface area contributed by atoms with Gasteiger partial charge in [-0.25, -0.2) is 13.2 Å². The van der Waals surface area contributed by atoms with Crippen molar-refractivity contribution in [3.8, 4) is 0 Å². The van der Waals surface area contributed by atoms with Gasteiger partial charge in [0.15, 0.2) is 0 Å². The van der Waals surface area contributed by atoms with E-state index < -0.39 is 27.9 Å². The van der Waals surface area contributed by atoms with Crippen molar-refractivity contribution in [2.24, 2.45) is 0 Å². The molecule has 1 aromatic heterocycles. The second-order valence-corrected chi connectivity index (χ2v) is 12.3. The number of carbonyl (C=O) groups is 3. The Kier molecular flexibility index (Phi) is 11.0. The third kappa shape index (κ3) is 7.44. The molecule has 3 rings (SSSR count). The van der Waals surface area contributed by atoms with Gasteiger partial charge in [-0.05, 0) is 62.6 Å². The van der Waals surface area contributed by atoms with Gasteiger partial charge in [-0.2, -0.15) is 4.31 Å². The number of imide groups is 1. The Morgan fingerprint density at radius 1 is 1.05 bits per heavy atom. The molecule has 0 spiro atoms. The van der Waals surface area contributed by atoms with Crippen LogP contribution in [0.2, 0.25) is 0 Å². The molecule has 0 fully saturated rings. The number of rotatable bonds is 12. The minimum Gasteiger partial charge on any atom is -0.450 e. The highest BCUT2D eigenvalue weighted by Gasteiger charge is 2.30. The van der Waals surface area contributed by atoms with Crippen LogP contribution in [0, 0.1) is 0 Å². The molecule has 10 nitrogen and oxygen atoms in total. The summed E-state index contributed by atoms with van der Waals surface area (Å²) < 4.78 is 32.3. The molecular formula is C27H38N4O6S2. The van der Waals surface area contributed by atoms with Crippen LogP contribution >= 0.6 is 11.3 Å². The molecule has 214 valence electrons. The Labute approximate surface area is 234 Å². The summed E-state index contributed by atoms with van der Waals surface area (Å²) in [7, 11) is -3.67.